The van der Waals surface area contributed by atoms with E-state index in [1.165, 1.54) is 17.0 Å². The van der Waals surface area contributed by atoms with Crippen LogP contribution in [0.3, 0.4) is 0 Å². The highest BCUT2D eigenvalue weighted by molar-refractivity contribution is 6.31. The van der Waals surface area contributed by atoms with E-state index in [1.54, 1.807) is 24.3 Å². The van der Waals surface area contributed by atoms with Gasteiger partial charge in [0.15, 0.2) is 0 Å². The molecular formula is C24H19ClN2O3. The summed E-state index contributed by atoms with van der Waals surface area (Å²) in [5.41, 5.74) is 3.04. The van der Waals surface area contributed by atoms with Gasteiger partial charge in [0.05, 0.1) is 17.2 Å². The van der Waals surface area contributed by atoms with Crippen molar-refractivity contribution in [1.29, 1.82) is 0 Å². The van der Waals surface area contributed by atoms with Crippen LogP contribution in [-0.2, 0) is 0 Å². The van der Waals surface area contributed by atoms with Crippen LogP contribution in [0.15, 0.2) is 66.7 Å². The second-order valence-electron chi connectivity index (χ2n) is 7.19. The number of carbonyl (C=O) groups is 3. The van der Waals surface area contributed by atoms with Crippen molar-refractivity contribution in [3.8, 4) is 0 Å². The van der Waals surface area contributed by atoms with Crippen molar-refractivity contribution in [2.75, 3.05) is 5.32 Å². The van der Waals surface area contributed by atoms with E-state index >= 15 is 0 Å². The molecule has 3 aromatic rings. The minimum atomic E-state index is -0.412. The number of hydrogen-bond acceptors (Lipinski definition) is 3. The lowest BCUT2D eigenvalue weighted by atomic mass is 10.0. The summed E-state index contributed by atoms with van der Waals surface area (Å²) in [7, 11) is 0. The number of imide groups is 1. The Morgan fingerprint density at radius 3 is 2.37 bits per heavy atom. The summed E-state index contributed by atoms with van der Waals surface area (Å²) in [6, 6.07) is 18.8. The van der Waals surface area contributed by atoms with E-state index in [-0.39, 0.29) is 17.4 Å². The first kappa shape index (κ1) is 19.9. The SMILES string of the molecule is Cc1c(Cl)cccc1NC(=O)c1ccc2c(c1)C(=O)N(C(C)c1ccccc1)C2=O. The molecule has 1 atom stereocenters. The maximum atomic E-state index is 13.0. The molecule has 0 radical (unpaired) electrons. The van der Waals surface area contributed by atoms with Crippen molar-refractivity contribution in [2.24, 2.45) is 0 Å². The van der Waals surface area contributed by atoms with E-state index in [4.69, 9.17) is 11.6 Å². The number of amides is 3. The molecule has 3 amide bonds. The van der Waals surface area contributed by atoms with Gasteiger partial charge in [-0.25, -0.2) is 0 Å². The van der Waals surface area contributed by atoms with Crippen LogP contribution in [0.4, 0.5) is 5.69 Å². The highest BCUT2D eigenvalue weighted by atomic mass is 35.5. The van der Waals surface area contributed by atoms with Gasteiger partial charge >= 0.3 is 0 Å². The van der Waals surface area contributed by atoms with Gasteiger partial charge in [-0.3, -0.25) is 19.3 Å². The average molecular weight is 419 g/mol. The van der Waals surface area contributed by atoms with E-state index in [0.29, 0.717) is 21.8 Å². The Hall–Kier alpha value is -3.44. The topological polar surface area (TPSA) is 66.5 Å². The van der Waals surface area contributed by atoms with Crippen molar-refractivity contribution in [2.45, 2.75) is 19.9 Å². The molecule has 1 unspecified atom stereocenters. The molecule has 0 fully saturated rings. The molecule has 1 aliphatic rings. The van der Waals surface area contributed by atoms with Crippen LogP contribution in [0.25, 0.3) is 0 Å². The van der Waals surface area contributed by atoms with Crippen LogP contribution in [0, 0.1) is 6.92 Å². The predicted molar refractivity (Wildman–Crippen MR) is 116 cm³/mol. The van der Waals surface area contributed by atoms with Crippen molar-refractivity contribution in [1.82, 2.24) is 4.90 Å². The standard InChI is InChI=1S/C24H19ClN2O3/c1-14-20(25)9-6-10-21(14)26-22(28)17-11-12-18-19(13-17)24(30)27(23(18)29)15(2)16-7-4-3-5-8-16/h3-13,15H,1-2H3,(H,26,28). The first-order valence-corrected chi connectivity index (χ1v) is 9.89. The lowest BCUT2D eigenvalue weighted by molar-refractivity contribution is 0.0595. The molecule has 6 heteroatoms. The Morgan fingerprint density at radius 1 is 0.933 bits per heavy atom. The summed E-state index contributed by atoms with van der Waals surface area (Å²) in [5, 5.41) is 3.36. The Balaban J connectivity index is 1.62. The fourth-order valence-electron chi connectivity index (χ4n) is 3.57. The predicted octanol–water partition coefficient (Wildman–Crippen LogP) is 5.26. The van der Waals surface area contributed by atoms with Crippen molar-refractivity contribution < 1.29 is 14.4 Å². The van der Waals surface area contributed by atoms with E-state index in [9.17, 15) is 14.4 Å². The summed E-state index contributed by atoms with van der Waals surface area (Å²) in [6.45, 7) is 3.62. The molecule has 150 valence electrons. The van der Waals surface area contributed by atoms with Crippen LogP contribution in [0.5, 0.6) is 0 Å². The lowest BCUT2D eigenvalue weighted by Crippen LogP contribution is -2.32. The van der Waals surface area contributed by atoms with Crippen LogP contribution < -0.4 is 5.32 Å². The molecular weight excluding hydrogens is 400 g/mol. The zero-order chi connectivity index (χ0) is 21.4. The van der Waals surface area contributed by atoms with Crippen LogP contribution >= 0.6 is 11.6 Å². The molecule has 1 aliphatic heterocycles. The Labute approximate surface area is 179 Å². The summed E-state index contributed by atoms with van der Waals surface area (Å²) in [4.78, 5) is 39.9. The first-order chi connectivity index (χ1) is 14.4. The summed E-state index contributed by atoms with van der Waals surface area (Å²) < 4.78 is 0. The van der Waals surface area contributed by atoms with Gasteiger partial charge in [-0.1, -0.05) is 48.0 Å². The van der Waals surface area contributed by atoms with Gasteiger partial charge in [-0.05, 0) is 55.3 Å². The highest BCUT2D eigenvalue weighted by Gasteiger charge is 2.39. The molecule has 1 N–H and O–H groups in total. The monoisotopic (exact) mass is 418 g/mol. The van der Waals surface area contributed by atoms with E-state index < -0.39 is 11.9 Å². The maximum absolute atomic E-state index is 13.0. The van der Waals surface area contributed by atoms with E-state index in [1.807, 2.05) is 44.2 Å². The number of carbonyl (C=O) groups excluding carboxylic acids is 3. The highest BCUT2D eigenvalue weighted by Crippen LogP contribution is 2.32. The number of nitrogens with zero attached hydrogens (tertiary/aromatic N) is 1. The Morgan fingerprint density at radius 2 is 1.63 bits per heavy atom. The van der Waals surface area contributed by atoms with Gasteiger partial charge in [0.25, 0.3) is 17.7 Å². The fourth-order valence-corrected chi connectivity index (χ4v) is 3.74. The Kier molecular flexibility index (Phi) is 5.14. The molecule has 0 bridgehead atoms. The van der Waals surface area contributed by atoms with E-state index in [0.717, 1.165) is 11.1 Å². The second-order valence-corrected chi connectivity index (χ2v) is 7.60. The lowest BCUT2D eigenvalue weighted by Gasteiger charge is -2.22. The molecule has 3 aromatic carbocycles. The van der Waals surface area contributed by atoms with Gasteiger partial charge < -0.3 is 5.32 Å². The minimum absolute atomic E-state index is 0.234. The first-order valence-electron chi connectivity index (χ1n) is 9.52. The quantitative estimate of drug-likeness (QED) is 0.588. The summed E-state index contributed by atoms with van der Waals surface area (Å²) in [5.74, 6) is -1.14. The number of benzene rings is 3. The number of anilines is 1. The molecule has 0 spiro atoms. The molecule has 0 saturated carbocycles. The zero-order valence-corrected chi connectivity index (χ0v) is 17.2. The molecule has 0 aromatic heterocycles. The smallest absolute Gasteiger partial charge is 0.262 e. The van der Waals surface area contributed by atoms with Crippen LogP contribution in [0.2, 0.25) is 5.02 Å². The van der Waals surface area contributed by atoms with Crippen LogP contribution in [-0.4, -0.2) is 22.6 Å². The van der Waals surface area contributed by atoms with Crippen LogP contribution in [0.1, 0.15) is 55.2 Å². The normalized spacial score (nSPS) is 13.9. The molecule has 4 rings (SSSR count). The van der Waals surface area contributed by atoms with E-state index in [2.05, 4.69) is 5.32 Å². The molecule has 1 heterocycles. The summed E-state index contributed by atoms with van der Waals surface area (Å²) >= 11 is 6.11. The number of fused-ring (bicyclic) bond motifs is 1. The maximum Gasteiger partial charge on any atom is 0.262 e. The average Bonchev–Trinajstić information content (AvgIpc) is 3.01. The Bertz CT molecular complexity index is 1170. The third-order valence-corrected chi connectivity index (χ3v) is 5.77. The number of halogens is 1. The third-order valence-electron chi connectivity index (χ3n) is 5.37. The van der Waals surface area contributed by atoms with Gasteiger partial charge in [0.1, 0.15) is 0 Å². The fraction of sp³-hybridized carbons (Fsp3) is 0.125. The zero-order valence-electron chi connectivity index (χ0n) is 16.5. The van der Waals surface area contributed by atoms with Crippen molar-refractivity contribution in [3.63, 3.8) is 0 Å². The van der Waals surface area contributed by atoms with Crippen molar-refractivity contribution in [3.05, 3.63) is 99.6 Å². The van der Waals surface area contributed by atoms with Gasteiger partial charge in [0, 0.05) is 16.3 Å². The molecule has 0 aliphatic carbocycles. The minimum Gasteiger partial charge on any atom is -0.322 e. The molecule has 30 heavy (non-hydrogen) atoms. The largest absolute Gasteiger partial charge is 0.322 e. The molecule has 5 nitrogen and oxygen atoms in total. The third kappa shape index (κ3) is 3.37. The van der Waals surface area contributed by atoms with Gasteiger partial charge in [-0.15, -0.1) is 0 Å². The van der Waals surface area contributed by atoms with Gasteiger partial charge in [-0.2, -0.15) is 0 Å². The van der Waals surface area contributed by atoms with Crippen molar-refractivity contribution >= 4 is 35.0 Å². The second kappa shape index (κ2) is 7.76. The number of rotatable bonds is 4. The van der Waals surface area contributed by atoms with Gasteiger partial charge in [0.2, 0.25) is 0 Å². The number of hydrogen-bond donors (Lipinski definition) is 1. The molecule has 0 saturated heterocycles. The summed E-state index contributed by atoms with van der Waals surface area (Å²) in [6.07, 6.45) is 0. The number of nitrogens with one attached hydrogen (secondary N) is 1.